The van der Waals surface area contributed by atoms with Crippen molar-refractivity contribution in [3.8, 4) is 0 Å². The Labute approximate surface area is 144 Å². The molecule has 0 bridgehead atoms. The Morgan fingerprint density at radius 1 is 1.04 bits per heavy atom. The lowest BCUT2D eigenvalue weighted by atomic mass is 10.1. The highest BCUT2D eigenvalue weighted by molar-refractivity contribution is 5.97. The third kappa shape index (κ3) is 5.73. The number of ether oxygens (including phenoxy) is 1. The summed E-state index contributed by atoms with van der Waals surface area (Å²) in [7, 11) is 0. The van der Waals surface area contributed by atoms with Crippen LogP contribution in [0.25, 0.3) is 0 Å². The first-order valence-corrected chi connectivity index (χ1v) is 7.87. The number of hydrogen-bond donors (Lipinski definition) is 4. The minimum atomic E-state index is -1.24. The maximum atomic E-state index is 12.3. The number of carbonyl (C=O) groups is 3. The molecule has 0 aliphatic carbocycles. The summed E-state index contributed by atoms with van der Waals surface area (Å²) in [6, 6.07) is 6.22. The Hall–Kier alpha value is -2.65. The number of carbonyl (C=O) groups excluding carboxylic acids is 2. The highest BCUT2D eigenvalue weighted by Gasteiger charge is 2.18. The standard InChI is InChI=1S/C16H21N3O6/c20-13(10-18-16(23)24)9-17-14(21)11-1-3-12(4-2-11)15(22)19-5-7-25-8-6-19/h1-4,13,18,20H,5-10H2,(H,17,21)(H,23,24). The molecule has 1 atom stereocenters. The van der Waals surface area contributed by atoms with E-state index in [1.165, 1.54) is 12.1 Å². The van der Waals surface area contributed by atoms with E-state index in [1.54, 1.807) is 17.0 Å². The van der Waals surface area contributed by atoms with Crippen LogP contribution in [0, 0.1) is 0 Å². The van der Waals surface area contributed by atoms with Gasteiger partial charge in [0, 0.05) is 37.3 Å². The fourth-order valence-electron chi connectivity index (χ4n) is 2.30. The SMILES string of the molecule is O=C(O)NCC(O)CNC(=O)c1ccc(C(=O)N2CCOCC2)cc1. The van der Waals surface area contributed by atoms with E-state index in [9.17, 15) is 19.5 Å². The van der Waals surface area contributed by atoms with Gasteiger partial charge in [-0.1, -0.05) is 0 Å². The van der Waals surface area contributed by atoms with Gasteiger partial charge in [-0.2, -0.15) is 0 Å². The van der Waals surface area contributed by atoms with Crippen molar-refractivity contribution in [3.05, 3.63) is 35.4 Å². The van der Waals surface area contributed by atoms with Crippen LogP contribution in [0.5, 0.6) is 0 Å². The first-order chi connectivity index (χ1) is 12.0. The molecule has 1 heterocycles. The third-order valence-electron chi connectivity index (χ3n) is 3.68. The molecule has 3 amide bonds. The molecule has 1 fully saturated rings. The van der Waals surface area contributed by atoms with E-state index in [0.717, 1.165) is 0 Å². The van der Waals surface area contributed by atoms with Crippen LogP contribution in [0.3, 0.4) is 0 Å². The number of amides is 3. The van der Waals surface area contributed by atoms with Gasteiger partial charge in [-0.25, -0.2) is 4.79 Å². The number of nitrogens with one attached hydrogen (secondary N) is 2. The van der Waals surface area contributed by atoms with Crippen molar-refractivity contribution in [2.75, 3.05) is 39.4 Å². The largest absolute Gasteiger partial charge is 0.465 e. The zero-order chi connectivity index (χ0) is 18.2. The van der Waals surface area contributed by atoms with Gasteiger partial charge in [-0.3, -0.25) is 9.59 Å². The predicted octanol–water partition coefficient (Wildman–Crippen LogP) is -0.483. The van der Waals surface area contributed by atoms with Gasteiger partial charge in [0.25, 0.3) is 11.8 Å². The zero-order valence-corrected chi connectivity index (χ0v) is 13.6. The Balaban J connectivity index is 1.85. The second-order valence-electron chi connectivity index (χ2n) is 5.53. The Morgan fingerprint density at radius 3 is 2.20 bits per heavy atom. The lowest BCUT2D eigenvalue weighted by Crippen LogP contribution is -2.40. The minimum Gasteiger partial charge on any atom is -0.465 e. The Kier molecular flexibility index (Phi) is 6.72. The average molecular weight is 351 g/mol. The van der Waals surface area contributed by atoms with E-state index >= 15 is 0 Å². The van der Waals surface area contributed by atoms with Crippen LogP contribution in [0.2, 0.25) is 0 Å². The van der Waals surface area contributed by atoms with Crippen molar-refractivity contribution in [3.63, 3.8) is 0 Å². The number of rotatable bonds is 6. The fraction of sp³-hybridized carbons (Fsp3) is 0.438. The minimum absolute atomic E-state index is 0.0897. The molecular formula is C16H21N3O6. The van der Waals surface area contributed by atoms with Gasteiger partial charge in [0.2, 0.25) is 0 Å². The summed E-state index contributed by atoms with van der Waals surface area (Å²) < 4.78 is 5.21. The second-order valence-corrected chi connectivity index (χ2v) is 5.53. The Bertz CT molecular complexity index is 613. The lowest BCUT2D eigenvalue weighted by Gasteiger charge is -2.26. The first kappa shape index (κ1) is 18.7. The van der Waals surface area contributed by atoms with E-state index in [0.29, 0.717) is 37.4 Å². The summed E-state index contributed by atoms with van der Waals surface area (Å²) in [4.78, 5) is 36.3. The van der Waals surface area contributed by atoms with Crippen LogP contribution in [-0.2, 0) is 4.74 Å². The molecule has 1 aromatic rings. The van der Waals surface area contributed by atoms with Crippen molar-refractivity contribution < 1.29 is 29.3 Å². The maximum Gasteiger partial charge on any atom is 0.404 e. The molecule has 9 heteroatoms. The summed E-state index contributed by atoms with van der Waals surface area (Å²) in [5, 5.41) is 22.5. The topological polar surface area (TPSA) is 128 Å². The molecule has 25 heavy (non-hydrogen) atoms. The summed E-state index contributed by atoms with van der Waals surface area (Å²) in [6.07, 6.45) is -2.27. The highest BCUT2D eigenvalue weighted by Crippen LogP contribution is 2.09. The average Bonchev–Trinajstić information content (AvgIpc) is 2.64. The highest BCUT2D eigenvalue weighted by atomic mass is 16.5. The number of nitrogens with zero attached hydrogens (tertiary/aromatic N) is 1. The molecule has 1 aliphatic rings. The van der Waals surface area contributed by atoms with E-state index < -0.39 is 18.1 Å². The van der Waals surface area contributed by atoms with E-state index in [4.69, 9.17) is 9.84 Å². The number of benzene rings is 1. The smallest absolute Gasteiger partial charge is 0.404 e. The molecule has 1 aromatic carbocycles. The number of hydrogen-bond acceptors (Lipinski definition) is 5. The van der Waals surface area contributed by atoms with Crippen molar-refractivity contribution in [2.45, 2.75) is 6.10 Å². The molecule has 1 aliphatic heterocycles. The first-order valence-electron chi connectivity index (χ1n) is 7.87. The predicted molar refractivity (Wildman–Crippen MR) is 87.5 cm³/mol. The van der Waals surface area contributed by atoms with Crippen LogP contribution >= 0.6 is 0 Å². The second kappa shape index (κ2) is 9.00. The fourth-order valence-corrected chi connectivity index (χ4v) is 2.30. The van der Waals surface area contributed by atoms with Crippen molar-refractivity contribution in [1.82, 2.24) is 15.5 Å². The zero-order valence-electron chi connectivity index (χ0n) is 13.6. The van der Waals surface area contributed by atoms with E-state index in [1.807, 2.05) is 5.32 Å². The van der Waals surface area contributed by atoms with Crippen molar-refractivity contribution in [1.29, 1.82) is 0 Å². The number of aliphatic hydroxyl groups is 1. The van der Waals surface area contributed by atoms with Crippen LogP contribution in [0.1, 0.15) is 20.7 Å². The van der Waals surface area contributed by atoms with Gasteiger partial charge in [0.1, 0.15) is 0 Å². The molecule has 0 aromatic heterocycles. The molecule has 0 radical (unpaired) electrons. The van der Waals surface area contributed by atoms with Gasteiger partial charge >= 0.3 is 6.09 Å². The monoisotopic (exact) mass is 351 g/mol. The third-order valence-corrected chi connectivity index (χ3v) is 3.68. The lowest BCUT2D eigenvalue weighted by molar-refractivity contribution is 0.0303. The summed E-state index contributed by atoms with van der Waals surface area (Å²) in [5.74, 6) is -0.523. The van der Waals surface area contributed by atoms with Crippen LogP contribution in [0.15, 0.2) is 24.3 Å². The molecule has 4 N–H and O–H groups in total. The molecular weight excluding hydrogens is 330 g/mol. The normalized spacial score (nSPS) is 15.3. The van der Waals surface area contributed by atoms with Gasteiger partial charge in [-0.15, -0.1) is 0 Å². The van der Waals surface area contributed by atoms with Crippen LogP contribution in [0.4, 0.5) is 4.79 Å². The number of carboxylic acid groups (broad SMARTS) is 1. The summed E-state index contributed by atoms with van der Waals surface area (Å²) >= 11 is 0. The quantitative estimate of drug-likeness (QED) is 0.548. The molecule has 9 nitrogen and oxygen atoms in total. The van der Waals surface area contributed by atoms with Gasteiger partial charge < -0.3 is 30.5 Å². The molecule has 0 saturated carbocycles. The van der Waals surface area contributed by atoms with E-state index in [2.05, 4.69) is 5.32 Å². The van der Waals surface area contributed by atoms with Gasteiger partial charge in [-0.05, 0) is 24.3 Å². The molecule has 1 unspecified atom stereocenters. The summed E-state index contributed by atoms with van der Waals surface area (Å²) in [5.41, 5.74) is 0.834. The summed E-state index contributed by atoms with van der Waals surface area (Å²) in [6.45, 7) is 1.86. The van der Waals surface area contributed by atoms with Crippen molar-refractivity contribution >= 4 is 17.9 Å². The van der Waals surface area contributed by atoms with E-state index in [-0.39, 0.29) is 19.0 Å². The molecule has 2 rings (SSSR count). The van der Waals surface area contributed by atoms with Gasteiger partial charge in [0.05, 0.1) is 19.3 Å². The molecule has 0 spiro atoms. The number of morpholine rings is 1. The number of aliphatic hydroxyl groups excluding tert-OH is 1. The Morgan fingerprint density at radius 2 is 1.60 bits per heavy atom. The van der Waals surface area contributed by atoms with Crippen molar-refractivity contribution in [2.24, 2.45) is 0 Å². The van der Waals surface area contributed by atoms with Crippen LogP contribution < -0.4 is 10.6 Å². The maximum absolute atomic E-state index is 12.3. The molecule has 1 saturated heterocycles. The van der Waals surface area contributed by atoms with Gasteiger partial charge in [0.15, 0.2) is 0 Å². The molecule has 136 valence electrons. The van der Waals surface area contributed by atoms with Crippen LogP contribution in [-0.4, -0.2) is 78.5 Å².